The molecule has 5 nitrogen and oxygen atoms in total. The van der Waals surface area contributed by atoms with Crippen LogP contribution in [0.4, 0.5) is 5.69 Å². The molecule has 122 valence electrons. The van der Waals surface area contributed by atoms with Gasteiger partial charge in [-0.15, -0.1) is 0 Å². The Morgan fingerprint density at radius 2 is 1.38 bits per heavy atom. The molecule has 1 aromatic carbocycles. The Kier molecular flexibility index (Phi) is 4.91. The number of nitrogens with zero attached hydrogens (tertiary/aromatic N) is 3. The minimum absolute atomic E-state index is 0.364. The molecule has 0 fully saturated rings. The molecule has 3 aromatic rings. The van der Waals surface area contributed by atoms with Crippen LogP contribution in [0.1, 0.15) is 23.2 Å². The van der Waals surface area contributed by atoms with E-state index in [1.54, 1.807) is 25.0 Å². The Hall–Kier alpha value is -3.08. The highest BCUT2D eigenvalue weighted by molar-refractivity contribution is 5.77. The summed E-state index contributed by atoms with van der Waals surface area (Å²) in [6.07, 6.45) is 6.24. The Balaban J connectivity index is 1.85. The minimum atomic E-state index is -0.364. The molecule has 0 aliphatic carbocycles. The summed E-state index contributed by atoms with van der Waals surface area (Å²) in [4.78, 5) is 11.1. The predicted molar refractivity (Wildman–Crippen MR) is 96.1 cm³/mol. The van der Waals surface area contributed by atoms with Gasteiger partial charge in [0, 0.05) is 19.8 Å². The SMILES string of the molecule is CN(C)c1ccc(C(/N=C/c2ccco2)/N=C/c2ccco2)cc1. The van der Waals surface area contributed by atoms with Crippen LogP contribution in [0.3, 0.4) is 0 Å². The van der Waals surface area contributed by atoms with Crippen LogP contribution in [0.5, 0.6) is 0 Å². The summed E-state index contributed by atoms with van der Waals surface area (Å²) in [7, 11) is 4.02. The standard InChI is InChI=1S/C19H19N3O2/c1-22(2)16-9-7-15(8-10-16)19(20-13-17-5-3-11-23-17)21-14-18-6-4-12-24-18/h3-14,19H,1-2H3/b20-13+,21-14+. The van der Waals surface area contributed by atoms with Gasteiger partial charge >= 0.3 is 0 Å². The molecule has 0 radical (unpaired) electrons. The lowest BCUT2D eigenvalue weighted by atomic mass is 10.1. The molecule has 0 bridgehead atoms. The molecular weight excluding hydrogens is 302 g/mol. The molecule has 0 saturated heterocycles. The number of hydrogen-bond acceptors (Lipinski definition) is 5. The van der Waals surface area contributed by atoms with Crippen LogP contribution in [-0.2, 0) is 0 Å². The van der Waals surface area contributed by atoms with Gasteiger partial charge in [0.05, 0.1) is 25.0 Å². The normalized spacial score (nSPS) is 11.8. The van der Waals surface area contributed by atoms with E-state index in [1.165, 1.54) is 0 Å². The van der Waals surface area contributed by atoms with Gasteiger partial charge in [-0.2, -0.15) is 0 Å². The molecular formula is C19H19N3O2. The van der Waals surface area contributed by atoms with Gasteiger partial charge in [-0.3, -0.25) is 9.98 Å². The van der Waals surface area contributed by atoms with Crippen molar-refractivity contribution >= 4 is 18.1 Å². The third-order valence-corrected chi connectivity index (χ3v) is 3.48. The molecule has 0 unspecified atom stereocenters. The molecule has 3 rings (SSSR count). The lowest BCUT2D eigenvalue weighted by molar-refractivity contribution is 0.558. The fourth-order valence-corrected chi connectivity index (χ4v) is 2.17. The predicted octanol–water partition coefficient (Wildman–Crippen LogP) is 4.18. The first-order chi connectivity index (χ1) is 11.7. The van der Waals surface area contributed by atoms with E-state index >= 15 is 0 Å². The van der Waals surface area contributed by atoms with Gasteiger partial charge in [0.1, 0.15) is 11.5 Å². The van der Waals surface area contributed by atoms with Crippen molar-refractivity contribution < 1.29 is 8.83 Å². The molecule has 0 atom stereocenters. The molecule has 0 amide bonds. The molecule has 5 heteroatoms. The zero-order chi connectivity index (χ0) is 16.8. The second-order valence-electron chi connectivity index (χ2n) is 5.45. The van der Waals surface area contributed by atoms with Gasteiger partial charge < -0.3 is 13.7 Å². The van der Waals surface area contributed by atoms with E-state index in [2.05, 4.69) is 14.9 Å². The second kappa shape index (κ2) is 7.46. The van der Waals surface area contributed by atoms with Crippen LogP contribution in [-0.4, -0.2) is 26.5 Å². The lowest BCUT2D eigenvalue weighted by Crippen LogP contribution is -2.08. The van der Waals surface area contributed by atoms with Crippen molar-refractivity contribution in [2.75, 3.05) is 19.0 Å². The molecule has 2 aromatic heterocycles. The highest BCUT2D eigenvalue weighted by Crippen LogP contribution is 2.22. The smallest absolute Gasteiger partial charge is 0.165 e. The molecule has 0 saturated carbocycles. The van der Waals surface area contributed by atoms with E-state index in [0.29, 0.717) is 11.5 Å². The maximum absolute atomic E-state index is 5.29. The van der Waals surface area contributed by atoms with Crippen LogP contribution in [0.25, 0.3) is 0 Å². The summed E-state index contributed by atoms with van der Waals surface area (Å²) < 4.78 is 10.6. The first kappa shape index (κ1) is 15.8. The summed E-state index contributed by atoms with van der Waals surface area (Å²) in [5.74, 6) is 1.39. The average molecular weight is 321 g/mol. The largest absolute Gasteiger partial charge is 0.463 e. The van der Waals surface area contributed by atoms with Crippen LogP contribution >= 0.6 is 0 Å². The number of hydrogen-bond donors (Lipinski definition) is 0. The Morgan fingerprint density at radius 1 is 0.833 bits per heavy atom. The quantitative estimate of drug-likeness (QED) is 0.640. The maximum atomic E-state index is 5.29. The fourth-order valence-electron chi connectivity index (χ4n) is 2.17. The monoisotopic (exact) mass is 321 g/mol. The third-order valence-electron chi connectivity index (χ3n) is 3.48. The summed E-state index contributed by atoms with van der Waals surface area (Å²) in [5, 5.41) is 0. The van der Waals surface area contributed by atoms with Crippen molar-refractivity contribution in [2.45, 2.75) is 6.17 Å². The fraction of sp³-hybridized carbons (Fsp3) is 0.158. The van der Waals surface area contributed by atoms with Crippen molar-refractivity contribution in [3.8, 4) is 0 Å². The van der Waals surface area contributed by atoms with Gasteiger partial charge in [0.25, 0.3) is 0 Å². The van der Waals surface area contributed by atoms with E-state index < -0.39 is 0 Å². The topological polar surface area (TPSA) is 54.2 Å². The molecule has 0 aliphatic heterocycles. The second-order valence-corrected chi connectivity index (χ2v) is 5.45. The Bertz CT molecular complexity index is 742. The summed E-state index contributed by atoms with van der Waals surface area (Å²) >= 11 is 0. The summed E-state index contributed by atoms with van der Waals surface area (Å²) in [6, 6.07) is 15.5. The van der Waals surface area contributed by atoms with Gasteiger partial charge in [0.2, 0.25) is 0 Å². The van der Waals surface area contributed by atoms with Gasteiger partial charge in [-0.25, -0.2) is 0 Å². The number of benzene rings is 1. The number of rotatable bonds is 6. The maximum Gasteiger partial charge on any atom is 0.165 e. The van der Waals surface area contributed by atoms with Crippen molar-refractivity contribution in [3.05, 3.63) is 78.1 Å². The minimum Gasteiger partial charge on any atom is -0.463 e. The highest BCUT2D eigenvalue weighted by atomic mass is 16.3. The number of anilines is 1. The van der Waals surface area contributed by atoms with Crippen molar-refractivity contribution in [1.29, 1.82) is 0 Å². The van der Waals surface area contributed by atoms with E-state index in [9.17, 15) is 0 Å². The number of aliphatic imine (C=N–C) groups is 2. The summed E-state index contributed by atoms with van der Waals surface area (Å²) in [6.45, 7) is 0. The first-order valence-corrected chi connectivity index (χ1v) is 7.63. The van der Waals surface area contributed by atoms with Crippen LogP contribution in [0, 0.1) is 0 Å². The van der Waals surface area contributed by atoms with Gasteiger partial charge in [-0.1, -0.05) is 12.1 Å². The van der Waals surface area contributed by atoms with E-state index in [-0.39, 0.29) is 6.17 Å². The van der Waals surface area contributed by atoms with Crippen LogP contribution in [0.15, 0.2) is 79.9 Å². The lowest BCUT2D eigenvalue weighted by Gasteiger charge is -2.14. The van der Waals surface area contributed by atoms with E-state index in [0.717, 1.165) is 11.3 Å². The van der Waals surface area contributed by atoms with Gasteiger partial charge in [0.15, 0.2) is 6.17 Å². The van der Waals surface area contributed by atoms with Crippen molar-refractivity contribution in [1.82, 2.24) is 0 Å². The Labute approximate surface area is 141 Å². The molecule has 0 aliphatic rings. The van der Waals surface area contributed by atoms with E-state index in [1.807, 2.05) is 62.6 Å². The zero-order valence-electron chi connectivity index (χ0n) is 13.7. The molecule has 0 spiro atoms. The summed E-state index contributed by atoms with van der Waals surface area (Å²) in [5.41, 5.74) is 2.12. The molecule has 0 N–H and O–H groups in total. The van der Waals surface area contributed by atoms with E-state index in [4.69, 9.17) is 8.83 Å². The van der Waals surface area contributed by atoms with Crippen LogP contribution in [0.2, 0.25) is 0 Å². The first-order valence-electron chi connectivity index (χ1n) is 7.63. The van der Waals surface area contributed by atoms with Gasteiger partial charge in [-0.05, 0) is 42.0 Å². The molecule has 24 heavy (non-hydrogen) atoms. The van der Waals surface area contributed by atoms with Crippen LogP contribution < -0.4 is 4.90 Å². The van der Waals surface area contributed by atoms with Crippen molar-refractivity contribution in [3.63, 3.8) is 0 Å². The third kappa shape index (κ3) is 4.01. The molecule has 2 heterocycles. The number of furan rings is 2. The van der Waals surface area contributed by atoms with Crippen molar-refractivity contribution in [2.24, 2.45) is 9.98 Å². The Morgan fingerprint density at radius 3 is 1.79 bits per heavy atom. The highest BCUT2D eigenvalue weighted by Gasteiger charge is 2.08. The zero-order valence-corrected chi connectivity index (χ0v) is 13.7. The average Bonchev–Trinajstić information content (AvgIpc) is 3.29.